The molecule has 0 aliphatic rings. The van der Waals surface area contributed by atoms with Gasteiger partial charge < -0.3 is 20.1 Å². The summed E-state index contributed by atoms with van der Waals surface area (Å²) in [4.78, 5) is 39.8. The van der Waals surface area contributed by atoms with Gasteiger partial charge in [-0.1, -0.05) is 0 Å². The molecule has 0 aromatic carbocycles. The lowest BCUT2D eigenvalue weighted by Crippen LogP contribution is -2.38. The minimum atomic E-state index is -1.15. The van der Waals surface area contributed by atoms with Gasteiger partial charge in [0, 0.05) is 24.1 Å². The van der Waals surface area contributed by atoms with Gasteiger partial charge in [-0.05, 0) is 13.8 Å². The molecule has 8 heteroatoms. The largest absolute Gasteiger partial charge is 0.479 e. The summed E-state index contributed by atoms with van der Waals surface area (Å²) in [7, 11) is 1.26. The maximum absolute atomic E-state index is 11.8. The molecule has 0 aliphatic carbocycles. The van der Waals surface area contributed by atoms with Crippen LogP contribution >= 0.6 is 0 Å². The Labute approximate surface area is 115 Å². The molecule has 0 saturated carbocycles. The molecule has 1 aromatic heterocycles. The summed E-state index contributed by atoms with van der Waals surface area (Å²) in [5, 5.41) is 11.2. The molecule has 0 bridgehead atoms. The van der Waals surface area contributed by atoms with Crippen molar-refractivity contribution in [2.75, 3.05) is 13.7 Å². The smallest absolute Gasteiger partial charge is 0.345 e. The summed E-state index contributed by atoms with van der Waals surface area (Å²) in [5.74, 6) is -1.51. The van der Waals surface area contributed by atoms with E-state index in [4.69, 9.17) is 9.84 Å². The fraction of sp³-hybridized carbons (Fsp3) is 0.500. The summed E-state index contributed by atoms with van der Waals surface area (Å²) >= 11 is 0. The number of hydrogen-bond acceptors (Lipinski definition) is 5. The Bertz CT molecular complexity index is 540. The van der Waals surface area contributed by atoms with E-state index in [1.165, 1.54) is 7.11 Å². The van der Waals surface area contributed by atoms with E-state index < -0.39 is 17.8 Å². The molecule has 0 aliphatic heterocycles. The topological polar surface area (TPSA) is 121 Å². The van der Waals surface area contributed by atoms with E-state index in [0.29, 0.717) is 17.0 Å². The lowest BCUT2D eigenvalue weighted by atomic mass is 10.1. The molecule has 20 heavy (non-hydrogen) atoms. The highest BCUT2D eigenvalue weighted by Crippen LogP contribution is 2.07. The Balaban J connectivity index is 2.68. The number of aromatic nitrogens is 2. The van der Waals surface area contributed by atoms with Crippen molar-refractivity contribution in [2.45, 2.75) is 26.4 Å². The number of amides is 1. The van der Waals surface area contributed by atoms with Crippen LogP contribution in [-0.4, -0.2) is 46.7 Å². The number of ether oxygens (including phenoxy) is 1. The maximum atomic E-state index is 11.8. The van der Waals surface area contributed by atoms with Crippen LogP contribution in [0.5, 0.6) is 0 Å². The second kappa shape index (κ2) is 6.80. The third-order valence-electron chi connectivity index (χ3n) is 2.83. The van der Waals surface area contributed by atoms with E-state index in [9.17, 15) is 14.4 Å². The maximum Gasteiger partial charge on any atom is 0.345 e. The highest BCUT2D eigenvalue weighted by Gasteiger charge is 2.18. The molecule has 1 amide bonds. The quantitative estimate of drug-likeness (QED) is 0.625. The fourth-order valence-corrected chi connectivity index (χ4v) is 1.72. The van der Waals surface area contributed by atoms with Gasteiger partial charge in [-0.2, -0.15) is 4.98 Å². The van der Waals surface area contributed by atoms with Crippen LogP contribution in [0.3, 0.4) is 0 Å². The highest BCUT2D eigenvalue weighted by atomic mass is 16.5. The number of carbonyl (C=O) groups excluding carboxylic acids is 1. The third-order valence-corrected chi connectivity index (χ3v) is 2.83. The van der Waals surface area contributed by atoms with Gasteiger partial charge in [0.2, 0.25) is 5.91 Å². The number of methoxy groups -OCH3 is 1. The van der Waals surface area contributed by atoms with Crippen LogP contribution < -0.4 is 11.0 Å². The van der Waals surface area contributed by atoms with Gasteiger partial charge in [0.25, 0.3) is 0 Å². The van der Waals surface area contributed by atoms with Gasteiger partial charge in [-0.25, -0.2) is 9.59 Å². The van der Waals surface area contributed by atoms with Crippen molar-refractivity contribution in [1.29, 1.82) is 0 Å². The number of carbonyl (C=O) groups is 2. The summed E-state index contributed by atoms with van der Waals surface area (Å²) in [6, 6.07) is 0. The molecule has 1 atom stereocenters. The third kappa shape index (κ3) is 4.16. The van der Waals surface area contributed by atoms with E-state index in [-0.39, 0.29) is 18.9 Å². The second-order valence-corrected chi connectivity index (χ2v) is 4.27. The van der Waals surface area contributed by atoms with Gasteiger partial charge in [0.05, 0.1) is 13.0 Å². The predicted octanol–water partition coefficient (Wildman–Crippen LogP) is -0.855. The SMILES string of the molecule is COC(CNC(=O)Cc1c(C)nc(=O)[nH]c1C)C(=O)O. The van der Waals surface area contributed by atoms with E-state index in [1.54, 1.807) is 13.8 Å². The molecule has 3 N–H and O–H groups in total. The lowest BCUT2D eigenvalue weighted by Gasteiger charge is -2.12. The Hall–Kier alpha value is -2.22. The zero-order valence-corrected chi connectivity index (χ0v) is 11.5. The number of hydrogen-bond donors (Lipinski definition) is 3. The van der Waals surface area contributed by atoms with Crippen molar-refractivity contribution in [3.8, 4) is 0 Å². The normalized spacial score (nSPS) is 11.9. The van der Waals surface area contributed by atoms with E-state index in [0.717, 1.165) is 0 Å². The van der Waals surface area contributed by atoms with Crippen LogP contribution in [0.1, 0.15) is 17.0 Å². The van der Waals surface area contributed by atoms with Crippen LogP contribution in [-0.2, 0) is 20.7 Å². The second-order valence-electron chi connectivity index (χ2n) is 4.27. The Morgan fingerprint density at radius 3 is 2.60 bits per heavy atom. The number of H-pyrrole nitrogens is 1. The first-order valence-electron chi connectivity index (χ1n) is 5.93. The molecule has 1 heterocycles. The number of nitrogens with zero attached hydrogens (tertiary/aromatic N) is 1. The van der Waals surface area contributed by atoms with Crippen LogP contribution in [0.15, 0.2) is 4.79 Å². The van der Waals surface area contributed by atoms with Crippen molar-refractivity contribution >= 4 is 11.9 Å². The van der Waals surface area contributed by atoms with Gasteiger partial charge in [-0.3, -0.25) is 4.79 Å². The number of carboxylic acids is 1. The molecule has 1 aromatic rings. The number of aliphatic carboxylic acids is 1. The van der Waals surface area contributed by atoms with Gasteiger partial charge >= 0.3 is 11.7 Å². The zero-order valence-electron chi connectivity index (χ0n) is 11.5. The van der Waals surface area contributed by atoms with Gasteiger partial charge in [0.1, 0.15) is 0 Å². The molecule has 1 rings (SSSR count). The van der Waals surface area contributed by atoms with Crippen molar-refractivity contribution in [3.05, 3.63) is 27.4 Å². The minimum Gasteiger partial charge on any atom is -0.479 e. The summed E-state index contributed by atoms with van der Waals surface area (Å²) in [6.07, 6.45) is -1.08. The number of aromatic amines is 1. The lowest BCUT2D eigenvalue weighted by molar-refractivity contribution is -0.148. The summed E-state index contributed by atoms with van der Waals surface area (Å²) in [6.45, 7) is 3.19. The first-order chi connectivity index (χ1) is 9.35. The molecule has 110 valence electrons. The molecule has 0 radical (unpaired) electrons. The Morgan fingerprint density at radius 1 is 1.45 bits per heavy atom. The van der Waals surface area contributed by atoms with E-state index in [1.807, 2.05) is 0 Å². The zero-order chi connectivity index (χ0) is 15.3. The highest BCUT2D eigenvalue weighted by molar-refractivity contribution is 5.80. The molecule has 0 fully saturated rings. The Kier molecular flexibility index (Phi) is 5.39. The van der Waals surface area contributed by atoms with Crippen LogP contribution in [0, 0.1) is 13.8 Å². The van der Waals surface area contributed by atoms with E-state index in [2.05, 4.69) is 15.3 Å². The summed E-state index contributed by atoms with van der Waals surface area (Å²) in [5.41, 5.74) is 1.20. The van der Waals surface area contributed by atoms with Crippen molar-refractivity contribution < 1.29 is 19.4 Å². The first kappa shape index (κ1) is 15.8. The summed E-state index contributed by atoms with van der Waals surface area (Å²) < 4.78 is 4.70. The average Bonchev–Trinajstić information content (AvgIpc) is 2.34. The van der Waals surface area contributed by atoms with Crippen LogP contribution in [0.2, 0.25) is 0 Å². The Morgan fingerprint density at radius 2 is 2.10 bits per heavy atom. The van der Waals surface area contributed by atoms with Crippen LogP contribution in [0.25, 0.3) is 0 Å². The van der Waals surface area contributed by atoms with Gasteiger partial charge in [0.15, 0.2) is 6.10 Å². The molecule has 8 nitrogen and oxygen atoms in total. The van der Waals surface area contributed by atoms with E-state index >= 15 is 0 Å². The fourth-order valence-electron chi connectivity index (χ4n) is 1.72. The molecule has 0 spiro atoms. The molecular formula is C12H17N3O5. The van der Waals surface area contributed by atoms with Crippen molar-refractivity contribution in [3.63, 3.8) is 0 Å². The molecular weight excluding hydrogens is 266 g/mol. The molecule has 1 unspecified atom stereocenters. The van der Waals surface area contributed by atoms with Crippen LogP contribution in [0.4, 0.5) is 0 Å². The van der Waals surface area contributed by atoms with Crippen molar-refractivity contribution in [2.24, 2.45) is 0 Å². The average molecular weight is 283 g/mol. The number of nitrogens with one attached hydrogen (secondary N) is 2. The first-order valence-corrected chi connectivity index (χ1v) is 5.93. The standard InChI is InChI=1S/C12H17N3O5/c1-6-8(7(2)15-12(19)14-6)4-10(16)13-5-9(20-3)11(17)18/h9H,4-5H2,1-3H3,(H,13,16)(H,17,18)(H,14,15,19). The number of aryl methyl sites for hydroxylation is 2. The predicted molar refractivity (Wildman–Crippen MR) is 69.5 cm³/mol. The minimum absolute atomic E-state index is 0.0114. The number of carboxylic acid groups (broad SMARTS) is 1. The van der Waals surface area contributed by atoms with Gasteiger partial charge in [-0.15, -0.1) is 0 Å². The monoisotopic (exact) mass is 283 g/mol. The van der Waals surface area contributed by atoms with Crippen molar-refractivity contribution in [1.82, 2.24) is 15.3 Å². The molecule has 0 saturated heterocycles. The number of rotatable bonds is 6.